The van der Waals surface area contributed by atoms with Crippen LogP contribution in [0.2, 0.25) is 0 Å². The van der Waals surface area contributed by atoms with Crippen molar-refractivity contribution in [3.63, 3.8) is 0 Å². The summed E-state index contributed by atoms with van der Waals surface area (Å²) in [5.74, 6) is 0. The molecule has 0 saturated carbocycles. The SMILES string of the molecule is CCCCCCCCn1cccc1. The van der Waals surface area contributed by atoms with Gasteiger partial charge in [0, 0.05) is 18.9 Å². The van der Waals surface area contributed by atoms with Gasteiger partial charge in [0.05, 0.1) is 0 Å². The van der Waals surface area contributed by atoms with E-state index in [0.29, 0.717) is 0 Å². The smallest absolute Gasteiger partial charge is 0.0219 e. The Kier molecular flexibility index (Phi) is 5.39. The van der Waals surface area contributed by atoms with Crippen LogP contribution in [0.4, 0.5) is 0 Å². The topological polar surface area (TPSA) is 4.93 Å². The zero-order valence-corrected chi connectivity index (χ0v) is 8.71. The van der Waals surface area contributed by atoms with Gasteiger partial charge in [-0.05, 0) is 18.6 Å². The van der Waals surface area contributed by atoms with Crippen LogP contribution in [0.25, 0.3) is 0 Å². The number of aromatic nitrogens is 1. The molecule has 0 aliphatic heterocycles. The predicted molar refractivity (Wildman–Crippen MR) is 57.8 cm³/mol. The minimum absolute atomic E-state index is 1.19. The average Bonchev–Trinajstić information content (AvgIpc) is 2.63. The van der Waals surface area contributed by atoms with E-state index in [9.17, 15) is 0 Å². The fourth-order valence-electron chi connectivity index (χ4n) is 1.59. The highest BCUT2D eigenvalue weighted by Crippen LogP contribution is 2.06. The van der Waals surface area contributed by atoms with Crippen molar-refractivity contribution in [1.82, 2.24) is 4.57 Å². The second-order valence-corrected chi connectivity index (χ2v) is 3.69. The molecular weight excluding hydrogens is 158 g/mol. The monoisotopic (exact) mass is 179 g/mol. The molecule has 0 bridgehead atoms. The van der Waals surface area contributed by atoms with Gasteiger partial charge in [-0.1, -0.05) is 39.0 Å². The lowest BCUT2D eigenvalue weighted by Gasteiger charge is -2.02. The molecule has 0 N–H and O–H groups in total. The molecule has 13 heavy (non-hydrogen) atoms. The Morgan fingerprint density at radius 1 is 0.846 bits per heavy atom. The third-order valence-electron chi connectivity index (χ3n) is 2.44. The van der Waals surface area contributed by atoms with E-state index in [1.165, 1.54) is 45.1 Å². The number of hydrogen-bond donors (Lipinski definition) is 0. The molecule has 0 saturated heterocycles. The van der Waals surface area contributed by atoms with Gasteiger partial charge in [-0.25, -0.2) is 0 Å². The summed E-state index contributed by atoms with van der Waals surface area (Å²) in [5.41, 5.74) is 0. The molecule has 0 fully saturated rings. The van der Waals surface area contributed by atoms with E-state index < -0.39 is 0 Å². The van der Waals surface area contributed by atoms with Gasteiger partial charge < -0.3 is 4.57 Å². The summed E-state index contributed by atoms with van der Waals surface area (Å²) >= 11 is 0. The Balaban J connectivity index is 1.90. The Morgan fingerprint density at radius 3 is 2.15 bits per heavy atom. The summed E-state index contributed by atoms with van der Waals surface area (Å²) in [6.07, 6.45) is 12.6. The third-order valence-corrected chi connectivity index (χ3v) is 2.44. The molecule has 0 unspecified atom stereocenters. The standard InChI is InChI=1S/C12H21N/c1-2-3-4-5-6-7-10-13-11-8-9-12-13/h8-9,11-12H,2-7,10H2,1H3. The molecule has 0 aromatic carbocycles. The van der Waals surface area contributed by atoms with Crippen LogP contribution in [-0.2, 0) is 6.54 Å². The van der Waals surface area contributed by atoms with E-state index in [2.05, 4.69) is 36.0 Å². The minimum Gasteiger partial charge on any atom is -0.354 e. The maximum atomic E-state index is 2.26. The van der Waals surface area contributed by atoms with Crippen molar-refractivity contribution in [3.8, 4) is 0 Å². The Hall–Kier alpha value is -0.720. The predicted octanol–water partition coefficient (Wildman–Crippen LogP) is 3.85. The number of unbranched alkanes of at least 4 members (excludes halogenated alkanes) is 5. The highest BCUT2D eigenvalue weighted by atomic mass is 14.9. The average molecular weight is 179 g/mol. The van der Waals surface area contributed by atoms with Gasteiger partial charge in [-0.15, -0.1) is 0 Å². The fourth-order valence-corrected chi connectivity index (χ4v) is 1.59. The third kappa shape index (κ3) is 4.76. The molecule has 0 amide bonds. The summed E-state index contributed by atoms with van der Waals surface area (Å²) in [6.45, 7) is 3.46. The fraction of sp³-hybridized carbons (Fsp3) is 0.667. The number of hydrogen-bond acceptors (Lipinski definition) is 0. The van der Waals surface area contributed by atoms with Crippen LogP contribution < -0.4 is 0 Å². The van der Waals surface area contributed by atoms with E-state index in [1.54, 1.807) is 0 Å². The minimum atomic E-state index is 1.19. The zero-order valence-electron chi connectivity index (χ0n) is 8.71. The van der Waals surface area contributed by atoms with E-state index in [4.69, 9.17) is 0 Å². The highest BCUT2D eigenvalue weighted by molar-refractivity contribution is 4.89. The molecular formula is C12H21N. The molecule has 1 aromatic heterocycles. The van der Waals surface area contributed by atoms with Gasteiger partial charge in [0.25, 0.3) is 0 Å². The Morgan fingerprint density at radius 2 is 1.46 bits per heavy atom. The van der Waals surface area contributed by atoms with Crippen molar-refractivity contribution >= 4 is 0 Å². The van der Waals surface area contributed by atoms with Crippen molar-refractivity contribution in [2.24, 2.45) is 0 Å². The molecule has 1 nitrogen and oxygen atoms in total. The van der Waals surface area contributed by atoms with Crippen LogP contribution in [0, 0.1) is 0 Å². The molecule has 0 spiro atoms. The molecule has 1 aromatic rings. The summed E-state index contributed by atoms with van der Waals surface area (Å²) in [5, 5.41) is 0. The largest absolute Gasteiger partial charge is 0.354 e. The van der Waals surface area contributed by atoms with Crippen LogP contribution in [0.15, 0.2) is 24.5 Å². The number of rotatable bonds is 7. The summed E-state index contributed by atoms with van der Waals surface area (Å²) < 4.78 is 2.26. The van der Waals surface area contributed by atoms with Gasteiger partial charge in [-0.3, -0.25) is 0 Å². The van der Waals surface area contributed by atoms with E-state index in [1.807, 2.05) is 0 Å². The first-order chi connectivity index (χ1) is 6.43. The van der Waals surface area contributed by atoms with Crippen LogP contribution in [-0.4, -0.2) is 4.57 Å². The van der Waals surface area contributed by atoms with Crippen molar-refractivity contribution in [2.45, 2.75) is 52.0 Å². The first-order valence-corrected chi connectivity index (χ1v) is 5.54. The highest BCUT2D eigenvalue weighted by Gasteiger charge is 1.90. The Labute approximate surface area is 81.8 Å². The molecule has 0 atom stereocenters. The van der Waals surface area contributed by atoms with Crippen molar-refractivity contribution in [2.75, 3.05) is 0 Å². The molecule has 74 valence electrons. The first-order valence-electron chi connectivity index (χ1n) is 5.54. The zero-order chi connectivity index (χ0) is 9.36. The van der Waals surface area contributed by atoms with E-state index >= 15 is 0 Å². The maximum Gasteiger partial charge on any atom is 0.0219 e. The lowest BCUT2D eigenvalue weighted by Crippen LogP contribution is -1.93. The summed E-state index contributed by atoms with van der Waals surface area (Å²) in [4.78, 5) is 0. The van der Waals surface area contributed by atoms with Crippen molar-refractivity contribution in [3.05, 3.63) is 24.5 Å². The lowest BCUT2D eigenvalue weighted by molar-refractivity contribution is 0.559. The summed E-state index contributed by atoms with van der Waals surface area (Å²) in [6, 6.07) is 4.19. The van der Waals surface area contributed by atoms with Crippen LogP contribution in [0.3, 0.4) is 0 Å². The quantitative estimate of drug-likeness (QED) is 0.560. The molecule has 0 radical (unpaired) electrons. The van der Waals surface area contributed by atoms with Gasteiger partial charge in [0.15, 0.2) is 0 Å². The lowest BCUT2D eigenvalue weighted by atomic mass is 10.1. The van der Waals surface area contributed by atoms with Crippen molar-refractivity contribution < 1.29 is 0 Å². The second-order valence-electron chi connectivity index (χ2n) is 3.69. The second kappa shape index (κ2) is 6.76. The maximum absolute atomic E-state index is 2.26. The molecule has 0 aliphatic rings. The number of nitrogens with zero attached hydrogens (tertiary/aromatic N) is 1. The molecule has 1 heterocycles. The van der Waals surface area contributed by atoms with Crippen LogP contribution >= 0.6 is 0 Å². The summed E-state index contributed by atoms with van der Waals surface area (Å²) in [7, 11) is 0. The van der Waals surface area contributed by atoms with E-state index in [-0.39, 0.29) is 0 Å². The number of aryl methyl sites for hydroxylation is 1. The Bertz CT molecular complexity index is 189. The van der Waals surface area contributed by atoms with Crippen LogP contribution in [0.1, 0.15) is 45.4 Å². The molecule has 1 heteroatoms. The van der Waals surface area contributed by atoms with Gasteiger partial charge in [0.1, 0.15) is 0 Å². The molecule has 1 rings (SSSR count). The first kappa shape index (κ1) is 10.4. The van der Waals surface area contributed by atoms with Gasteiger partial charge >= 0.3 is 0 Å². The van der Waals surface area contributed by atoms with Gasteiger partial charge in [-0.2, -0.15) is 0 Å². The van der Waals surface area contributed by atoms with Gasteiger partial charge in [0.2, 0.25) is 0 Å². The normalized spacial score (nSPS) is 10.5. The van der Waals surface area contributed by atoms with Crippen molar-refractivity contribution in [1.29, 1.82) is 0 Å². The van der Waals surface area contributed by atoms with Crippen LogP contribution in [0.5, 0.6) is 0 Å². The molecule has 0 aliphatic carbocycles. The van der Waals surface area contributed by atoms with E-state index in [0.717, 1.165) is 0 Å².